The Morgan fingerprint density at radius 1 is 1.29 bits per heavy atom. The lowest BCUT2D eigenvalue weighted by molar-refractivity contribution is -0.140. The molecule has 1 fully saturated rings. The molecular weight excluding hydrogens is 264 g/mol. The average Bonchev–Trinajstić information content (AvgIpc) is 2.55. The van der Waals surface area contributed by atoms with Crippen molar-refractivity contribution in [3.05, 3.63) is 30.3 Å². The van der Waals surface area contributed by atoms with Crippen molar-refractivity contribution < 1.29 is 9.53 Å². The minimum absolute atomic E-state index is 0.0971. The molecule has 1 saturated carbocycles. The van der Waals surface area contributed by atoms with Crippen LogP contribution in [0.4, 0.5) is 5.69 Å². The molecule has 0 saturated heterocycles. The van der Waals surface area contributed by atoms with Gasteiger partial charge in [0.15, 0.2) is 0 Å². The number of hydrazone groups is 1. The van der Waals surface area contributed by atoms with Crippen LogP contribution < -0.4 is 5.43 Å². The normalized spacial score (nSPS) is 18.1. The number of carbonyl (C=O) groups is 1. The molecule has 1 aliphatic carbocycles. The van der Waals surface area contributed by atoms with Crippen molar-refractivity contribution in [2.45, 2.75) is 44.9 Å². The largest absolute Gasteiger partial charge is 0.469 e. The third-order valence-electron chi connectivity index (χ3n) is 4.02. The number of benzene rings is 1. The second-order valence-electron chi connectivity index (χ2n) is 5.57. The van der Waals surface area contributed by atoms with Crippen LogP contribution in [0, 0.1) is 5.92 Å². The van der Waals surface area contributed by atoms with Crippen molar-refractivity contribution in [2.24, 2.45) is 11.0 Å². The van der Waals surface area contributed by atoms with Gasteiger partial charge in [-0.05, 0) is 56.6 Å². The molecule has 0 heterocycles. The van der Waals surface area contributed by atoms with E-state index in [0.717, 1.165) is 37.3 Å². The van der Waals surface area contributed by atoms with Crippen LogP contribution in [0.1, 0.15) is 44.9 Å². The fourth-order valence-electron chi connectivity index (χ4n) is 2.70. The van der Waals surface area contributed by atoms with Gasteiger partial charge in [-0.3, -0.25) is 10.2 Å². The van der Waals surface area contributed by atoms with Crippen LogP contribution in [-0.4, -0.2) is 18.8 Å². The summed E-state index contributed by atoms with van der Waals surface area (Å²) in [7, 11) is 1.45. The van der Waals surface area contributed by atoms with E-state index in [4.69, 9.17) is 0 Å². The van der Waals surface area contributed by atoms with Crippen LogP contribution >= 0.6 is 0 Å². The Labute approximate surface area is 126 Å². The number of hydrogen-bond acceptors (Lipinski definition) is 4. The summed E-state index contributed by atoms with van der Waals surface area (Å²) in [5.74, 6) is 0.630. The second-order valence-corrected chi connectivity index (χ2v) is 5.57. The monoisotopic (exact) mass is 288 g/mol. The summed E-state index contributed by atoms with van der Waals surface area (Å²) in [6, 6.07) is 10.0. The van der Waals surface area contributed by atoms with Gasteiger partial charge in [-0.15, -0.1) is 0 Å². The van der Waals surface area contributed by atoms with E-state index < -0.39 is 0 Å². The minimum atomic E-state index is -0.0971. The van der Waals surface area contributed by atoms with Crippen molar-refractivity contribution in [3.63, 3.8) is 0 Å². The number of rotatable bonds is 6. The molecule has 0 spiro atoms. The van der Waals surface area contributed by atoms with Crippen molar-refractivity contribution in [3.8, 4) is 0 Å². The van der Waals surface area contributed by atoms with Crippen LogP contribution in [0.3, 0.4) is 0 Å². The SMILES string of the molecule is COC(=O)CCCC1CCC(=NNc2ccccc2)CC1. The van der Waals surface area contributed by atoms with Crippen LogP contribution in [0.5, 0.6) is 0 Å². The van der Waals surface area contributed by atoms with Crippen LogP contribution in [-0.2, 0) is 9.53 Å². The molecular formula is C17H24N2O2. The summed E-state index contributed by atoms with van der Waals surface area (Å²) in [6.45, 7) is 0. The number of hydrogen-bond donors (Lipinski definition) is 1. The molecule has 0 bridgehead atoms. The summed E-state index contributed by atoms with van der Waals surface area (Å²) >= 11 is 0. The zero-order valence-corrected chi connectivity index (χ0v) is 12.7. The predicted octanol–water partition coefficient (Wildman–Crippen LogP) is 3.99. The van der Waals surface area contributed by atoms with Gasteiger partial charge in [0.05, 0.1) is 12.8 Å². The Hall–Kier alpha value is -1.84. The van der Waals surface area contributed by atoms with Crippen molar-refractivity contribution in [1.82, 2.24) is 0 Å². The number of ether oxygens (including phenoxy) is 1. The maximum Gasteiger partial charge on any atom is 0.305 e. The number of anilines is 1. The molecule has 21 heavy (non-hydrogen) atoms. The van der Waals surface area contributed by atoms with E-state index in [1.54, 1.807) is 0 Å². The molecule has 1 N–H and O–H groups in total. The number of nitrogens with one attached hydrogen (secondary N) is 1. The summed E-state index contributed by atoms with van der Waals surface area (Å²) in [4.78, 5) is 11.1. The lowest BCUT2D eigenvalue weighted by Crippen LogP contribution is -2.15. The average molecular weight is 288 g/mol. The molecule has 2 rings (SSSR count). The molecule has 0 amide bonds. The first-order valence-corrected chi connectivity index (χ1v) is 7.71. The van der Waals surface area contributed by atoms with E-state index in [2.05, 4.69) is 15.3 Å². The van der Waals surface area contributed by atoms with Gasteiger partial charge in [0.25, 0.3) is 0 Å². The van der Waals surface area contributed by atoms with E-state index in [0.29, 0.717) is 6.42 Å². The van der Waals surface area contributed by atoms with E-state index in [-0.39, 0.29) is 5.97 Å². The Morgan fingerprint density at radius 2 is 2.00 bits per heavy atom. The first kappa shape index (κ1) is 15.5. The van der Waals surface area contributed by atoms with Gasteiger partial charge in [0.2, 0.25) is 0 Å². The highest BCUT2D eigenvalue weighted by atomic mass is 16.5. The molecule has 1 aromatic carbocycles. The highest BCUT2D eigenvalue weighted by Crippen LogP contribution is 2.27. The molecule has 114 valence electrons. The molecule has 0 atom stereocenters. The van der Waals surface area contributed by atoms with Gasteiger partial charge in [-0.1, -0.05) is 18.2 Å². The molecule has 0 aromatic heterocycles. The fourth-order valence-corrected chi connectivity index (χ4v) is 2.70. The van der Waals surface area contributed by atoms with E-state index in [1.165, 1.54) is 25.7 Å². The van der Waals surface area contributed by atoms with Crippen molar-refractivity contribution in [1.29, 1.82) is 0 Å². The van der Waals surface area contributed by atoms with Gasteiger partial charge in [0, 0.05) is 12.1 Å². The molecule has 4 nitrogen and oxygen atoms in total. The lowest BCUT2D eigenvalue weighted by atomic mass is 9.85. The molecule has 0 radical (unpaired) electrons. The summed E-state index contributed by atoms with van der Waals surface area (Å²) < 4.78 is 4.66. The molecule has 1 aliphatic rings. The number of methoxy groups -OCH3 is 1. The number of esters is 1. The van der Waals surface area contributed by atoms with Crippen LogP contribution in [0.2, 0.25) is 0 Å². The van der Waals surface area contributed by atoms with Gasteiger partial charge in [-0.25, -0.2) is 0 Å². The maximum atomic E-state index is 11.1. The van der Waals surface area contributed by atoms with E-state index >= 15 is 0 Å². The Bertz CT molecular complexity index is 461. The summed E-state index contributed by atoms with van der Waals surface area (Å²) in [5, 5.41) is 4.50. The smallest absolute Gasteiger partial charge is 0.305 e. The third-order valence-corrected chi connectivity index (χ3v) is 4.02. The van der Waals surface area contributed by atoms with Crippen molar-refractivity contribution in [2.75, 3.05) is 12.5 Å². The summed E-state index contributed by atoms with van der Waals surface area (Å²) in [5.41, 5.74) is 5.41. The highest BCUT2D eigenvalue weighted by Gasteiger charge is 2.17. The van der Waals surface area contributed by atoms with Crippen molar-refractivity contribution >= 4 is 17.4 Å². The standard InChI is InChI=1S/C17H24N2O2/c1-21-17(20)9-5-6-14-10-12-16(13-11-14)19-18-15-7-3-2-4-8-15/h2-4,7-8,14,18H,5-6,9-13H2,1H3. The first-order chi connectivity index (χ1) is 10.3. The topological polar surface area (TPSA) is 50.7 Å². The minimum Gasteiger partial charge on any atom is -0.469 e. The Kier molecular flexibility index (Phi) is 6.25. The number of nitrogens with zero attached hydrogens (tertiary/aromatic N) is 1. The third kappa shape index (κ3) is 5.58. The molecule has 4 heteroatoms. The van der Waals surface area contributed by atoms with E-state index in [9.17, 15) is 4.79 Å². The zero-order valence-electron chi connectivity index (χ0n) is 12.7. The highest BCUT2D eigenvalue weighted by molar-refractivity contribution is 5.85. The Morgan fingerprint density at radius 3 is 2.67 bits per heavy atom. The quantitative estimate of drug-likeness (QED) is 0.636. The Balaban J connectivity index is 1.67. The molecule has 1 aromatic rings. The zero-order chi connectivity index (χ0) is 14.9. The number of carbonyl (C=O) groups excluding carboxylic acids is 1. The maximum absolute atomic E-state index is 11.1. The van der Waals surface area contributed by atoms with Crippen LogP contribution in [0.25, 0.3) is 0 Å². The summed E-state index contributed by atoms with van der Waals surface area (Å²) in [6.07, 6.45) is 7.07. The molecule has 0 aliphatic heterocycles. The second kappa shape index (κ2) is 8.45. The lowest BCUT2D eigenvalue weighted by Gasteiger charge is -2.22. The first-order valence-electron chi connectivity index (χ1n) is 7.71. The van der Waals surface area contributed by atoms with E-state index in [1.807, 2.05) is 30.3 Å². The van der Waals surface area contributed by atoms with Gasteiger partial charge >= 0.3 is 5.97 Å². The van der Waals surface area contributed by atoms with Gasteiger partial charge in [-0.2, -0.15) is 5.10 Å². The van der Waals surface area contributed by atoms with Gasteiger partial charge < -0.3 is 4.74 Å². The number of para-hydroxylation sites is 1. The van der Waals surface area contributed by atoms with Crippen LogP contribution in [0.15, 0.2) is 35.4 Å². The fraction of sp³-hybridized carbons (Fsp3) is 0.529. The molecule has 0 unspecified atom stereocenters. The van der Waals surface area contributed by atoms with Gasteiger partial charge in [0.1, 0.15) is 0 Å². The predicted molar refractivity (Wildman–Crippen MR) is 85.3 cm³/mol.